The van der Waals surface area contributed by atoms with Crippen LogP contribution in [-0.4, -0.2) is 74.0 Å². The number of piperidine rings is 1. The Morgan fingerprint density at radius 3 is 2.54 bits per heavy atom. The summed E-state index contributed by atoms with van der Waals surface area (Å²) in [5.74, 6) is 0.850. The lowest BCUT2D eigenvalue weighted by Gasteiger charge is -2.33. The molecule has 0 atom stereocenters. The van der Waals surface area contributed by atoms with Crippen LogP contribution in [0.4, 0.5) is 0 Å². The number of ether oxygens (including phenoxy) is 1. The van der Waals surface area contributed by atoms with Gasteiger partial charge in [-0.05, 0) is 32.6 Å². The second-order valence-corrected chi connectivity index (χ2v) is 6.88. The summed E-state index contributed by atoms with van der Waals surface area (Å²) >= 11 is 0. The van der Waals surface area contributed by atoms with Crippen LogP contribution in [0, 0.1) is 0 Å². The molecular formula is C17H35IN4O2. The second kappa shape index (κ2) is 11.5. The van der Waals surface area contributed by atoms with Gasteiger partial charge in [0, 0.05) is 39.3 Å². The zero-order valence-electron chi connectivity index (χ0n) is 15.2. The Bertz CT molecular complexity index is 368. The fourth-order valence-corrected chi connectivity index (χ4v) is 3.45. The molecule has 1 heterocycles. The first-order chi connectivity index (χ1) is 11.1. The van der Waals surface area contributed by atoms with Crippen molar-refractivity contribution < 1.29 is 9.84 Å². The highest BCUT2D eigenvalue weighted by Crippen LogP contribution is 2.29. The lowest BCUT2D eigenvalue weighted by atomic mass is 10.0. The number of halogens is 1. The summed E-state index contributed by atoms with van der Waals surface area (Å²) in [6, 6.07) is 0.463. The van der Waals surface area contributed by atoms with Crippen molar-refractivity contribution in [1.29, 1.82) is 0 Å². The Morgan fingerprint density at radius 2 is 1.96 bits per heavy atom. The fraction of sp³-hybridized carbons (Fsp3) is 0.941. The van der Waals surface area contributed by atoms with Gasteiger partial charge in [0.1, 0.15) is 0 Å². The molecule has 7 heteroatoms. The van der Waals surface area contributed by atoms with Gasteiger partial charge < -0.3 is 25.4 Å². The number of hydrogen-bond donors (Lipinski definition) is 3. The lowest BCUT2D eigenvalue weighted by Crippen LogP contribution is -2.49. The molecule has 1 saturated heterocycles. The maximum Gasteiger partial charge on any atom is 0.191 e. The van der Waals surface area contributed by atoms with Gasteiger partial charge in [-0.2, -0.15) is 0 Å². The molecule has 0 radical (unpaired) electrons. The second-order valence-electron chi connectivity index (χ2n) is 6.88. The van der Waals surface area contributed by atoms with Crippen molar-refractivity contribution in [1.82, 2.24) is 15.5 Å². The number of aliphatic imine (C=N–C) groups is 1. The molecule has 2 fully saturated rings. The maximum atomic E-state index is 10.5. The van der Waals surface area contributed by atoms with Gasteiger partial charge in [-0.25, -0.2) is 0 Å². The maximum absolute atomic E-state index is 10.5. The van der Waals surface area contributed by atoms with Gasteiger partial charge in [-0.15, -0.1) is 24.0 Å². The molecule has 2 rings (SSSR count). The summed E-state index contributed by atoms with van der Waals surface area (Å²) in [7, 11) is 1.76. The van der Waals surface area contributed by atoms with E-state index in [-0.39, 0.29) is 24.0 Å². The smallest absolute Gasteiger partial charge is 0.191 e. The number of methoxy groups -OCH3 is 1. The normalized spacial score (nSPS) is 22.2. The number of nitrogens with one attached hydrogen (secondary N) is 2. The van der Waals surface area contributed by atoms with E-state index in [4.69, 9.17) is 4.74 Å². The largest absolute Gasteiger partial charge is 0.388 e. The number of likely N-dealkylation sites (tertiary alicyclic amines) is 1. The zero-order chi connectivity index (χ0) is 16.5. The third-order valence-electron chi connectivity index (χ3n) is 4.95. The summed E-state index contributed by atoms with van der Waals surface area (Å²) in [6.07, 6.45) is 6.25. The highest BCUT2D eigenvalue weighted by atomic mass is 127. The average molecular weight is 454 g/mol. The third kappa shape index (κ3) is 7.41. The van der Waals surface area contributed by atoms with Crippen LogP contribution < -0.4 is 10.6 Å². The molecule has 24 heavy (non-hydrogen) atoms. The predicted octanol–water partition coefficient (Wildman–Crippen LogP) is 1.58. The average Bonchev–Trinajstić information content (AvgIpc) is 2.99. The van der Waals surface area contributed by atoms with Gasteiger partial charge in [-0.3, -0.25) is 4.99 Å². The molecule has 0 aromatic carbocycles. The zero-order valence-corrected chi connectivity index (χ0v) is 17.6. The highest BCUT2D eigenvalue weighted by molar-refractivity contribution is 14.0. The topological polar surface area (TPSA) is 69.1 Å². The minimum atomic E-state index is -0.578. The summed E-state index contributed by atoms with van der Waals surface area (Å²) < 4.78 is 5.15. The Labute approximate surface area is 163 Å². The number of aliphatic hydroxyl groups is 1. The standard InChI is InChI=1S/C17H34N4O2.HI/c1-3-18-16(19-14-17(22)8-4-5-9-17)20-15-6-10-21(11-7-15)12-13-23-2;/h15,22H,3-14H2,1-2H3,(H2,18,19,20);1H. The van der Waals surface area contributed by atoms with E-state index in [2.05, 4.69) is 27.4 Å². The molecule has 3 N–H and O–H groups in total. The Balaban J connectivity index is 0.00000288. The van der Waals surface area contributed by atoms with Crippen molar-refractivity contribution in [3.63, 3.8) is 0 Å². The summed E-state index contributed by atoms with van der Waals surface area (Å²) in [4.78, 5) is 7.09. The Kier molecular flexibility index (Phi) is 10.5. The van der Waals surface area contributed by atoms with Crippen molar-refractivity contribution in [2.24, 2.45) is 4.99 Å². The Hall–Kier alpha value is -0.120. The molecule has 0 bridgehead atoms. The minimum Gasteiger partial charge on any atom is -0.388 e. The molecule has 0 spiro atoms. The van der Waals surface area contributed by atoms with Crippen molar-refractivity contribution in [3.05, 3.63) is 0 Å². The van der Waals surface area contributed by atoms with Crippen LogP contribution in [-0.2, 0) is 4.74 Å². The van der Waals surface area contributed by atoms with E-state index < -0.39 is 5.60 Å². The van der Waals surface area contributed by atoms with Gasteiger partial charge in [0.05, 0.1) is 18.8 Å². The lowest BCUT2D eigenvalue weighted by molar-refractivity contribution is 0.0573. The molecule has 6 nitrogen and oxygen atoms in total. The van der Waals surface area contributed by atoms with Crippen LogP contribution in [0.2, 0.25) is 0 Å². The van der Waals surface area contributed by atoms with Gasteiger partial charge in [0.2, 0.25) is 0 Å². The van der Waals surface area contributed by atoms with Crippen LogP contribution in [0.15, 0.2) is 4.99 Å². The van der Waals surface area contributed by atoms with E-state index in [1.165, 1.54) is 0 Å². The first kappa shape index (κ1) is 21.9. The number of guanidine groups is 1. The molecule has 2 aliphatic rings. The summed E-state index contributed by atoms with van der Waals surface area (Å²) in [5, 5.41) is 17.3. The van der Waals surface area contributed by atoms with Crippen molar-refractivity contribution >= 4 is 29.9 Å². The van der Waals surface area contributed by atoms with E-state index in [0.29, 0.717) is 12.6 Å². The van der Waals surface area contributed by atoms with Crippen LogP contribution in [0.25, 0.3) is 0 Å². The number of rotatable bonds is 7. The number of hydrogen-bond acceptors (Lipinski definition) is 4. The highest BCUT2D eigenvalue weighted by Gasteiger charge is 2.31. The van der Waals surface area contributed by atoms with Crippen molar-refractivity contribution in [2.75, 3.05) is 46.4 Å². The molecule has 1 aliphatic carbocycles. The molecule has 0 amide bonds. The first-order valence-corrected chi connectivity index (χ1v) is 9.14. The van der Waals surface area contributed by atoms with E-state index in [9.17, 15) is 5.11 Å². The first-order valence-electron chi connectivity index (χ1n) is 9.14. The monoisotopic (exact) mass is 454 g/mol. The van der Waals surface area contributed by atoms with Crippen molar-refractivity contribution in [2.45, 2.75) is 57.1 Å². The quantitative estimate of drug-likeness (QED) is 0.310. The third-order valence-corrected chi connectivity index (χ3v) is 4.95. The fourth-order valence-electron chi connectivity index (χ4n) is 3.45. The predicted molar refractivity (Wildman–Crippen MR) is 109 cm³/mol. The minimum absolute atomic E-state index is 0. The Morgan fingerprint density at radius 1 is 1.29 bits per heavy atom. The van der Waals surface area contributed by atoms with Crippen LogP contribution in [0.1, 0.15) is 45.4 Å². The SMILES string of the molecule is CCNC(=NCC1(O)CCCC1)NC1CCN(CCOC)CC1.I. The summed E-state index contributed by atoms with van der Waals surface area (Å²) in [5.41, 5.74) is -0.578. The van der Waals surface area contributed by atoms with Gasteiger partial charge in [-0.1, -0.05) is 12.8 Å². The van der Waals surface area contributed by atoms with Gasteiger partial charge >= 0.3 is 0 Å². The van der Waals surface area contributed by atoms with Crippen LogP contribution in [0.5, 0.6) is 0 Å². The van der Waals surface area contributed by atoms with E-state index in [1.807, 2.05) is 0 Å². The van der Waals surface area contributed by atoms with Crippen LogP contribution in [0.3, 0.4) is 0 Å². The van der Waals surface area contributed by atoms with E-state index in [1.54, 1.807) is 7.11 Å². The van der Waals surface area contributed by atoms with Crippen molar-refractivity contribution in [3.8, 4) is 0 Å². The molecule has 0 aromatic heterocycles. The van der Waals surface area contributed by atoms with E-state index >= 15 is 0 Å². The molecule has 142 valence electrons. The van der Waals surface area contributed by atoms with E-state index in [0.717, 1.165) is 77.3 Å². The number of nitrogens with zero attached hydrogens (tertiary/aromatic N) is 2. The molecule has 1 aliphatic heterocycles. The molecule has 0 aromatic rings. The van der Waals surface area contributed by atoms with Crippen LogP contribution >= 0.6 is 24.0 Å². The molecule has 1 saturated carbocycles. The molecular weight excluding hydrogens is 419 g/mol. The van der Waals surface area contributed by atoms with Gasteiger partial charge in [0.25, 0.3) is 0 Å². The summed E-state index contributed by atoms with van der Waals surface area (Å²) in [6.45, 7) is 7.46. The molecule has 0 unspecified atom stereocenters. The van der Waals surface area contributed by atoms with Gasteiger partial charge in [0.15, 0.2) is 5.96 Å².